The third-order valence-corrected chi connectivity index (χ3v) is 7.83. The quantitative estimate of drug-likeness (QED) is 0.156. The number of aliphatic carboxylic acids is 1. The number of fused-ring (bicyclic) bond motifs is 1. The number of anilines is 1. The molecule has 3 rings (SSSR count). The molecule has 0 spiro atoms. The van der Waals surface area contributed by atoms with Crippen molar-refractivity contribution in [3.63, 3.8) is 0 Å². The zero-order valence-electron chi connectivity index (χ0n) is 22.3. The Morgan fingerprint density at radius 3 is 2.16 bits per heavy atom. The first-order chi connectivity index (χ1) is 20.0. The number of halogens is 9. The van der Waals surface area contributed by atoms with Crippen LogP contribution in [0.15, 0.2) is 36.9 Å². The Balaban J connectivity index is 1.96. The number of nitrogens with one attached hydrogen (secondary N) is 2. The average molecular weight is 667 g/mol. The highest BCUT2D eigenvalue weighted by molar-refractivity contribution is 7.59. The van der Waals surface area contributed by atoms with Gasteiger partial charge < -0.3 is 24.9 Å². The molecule has 244 valence electrons. The van der Waals surface area contributed by atoms with Gasteiger partial charge in [0.2, 0.25) is 7.44 Å². The van der Waals surface area contributed by atoms with Crippen LogP contribution in [-0.4, -0.2) is 67.3 Å². The second-order valence-corrected chi connectivity index (χ2v) is 11.9. The molecule has 0 aliphatic heterocycles. The molecule has 1 aromatic carbocycles. The Bertz CT molecular complexity index is 1510. The Morgan fingerprint density at radius 2 is 1.64 bits per heavy atom. The van der Waals surface area contributed by atoms with E-state index < -0.39 is 74.0 Å². The summed E-state index contributed by atoms with van der Waals surface area (Å²) in [6.45, 7) is 0.652. The summed E-state index contributed by atoms with van der Waals surface area (Å²) in [7, 11) is -5.13. The Morgan fingerprint density at radius 1 is 1.02 bits per heavy atom. The van der Waals surface area contributed by atoms with Gasteiger partial charge in [0.15, 0.2) is 17.6 Å². The number of hydrogen-bond acceptors (Lipinski definition) is 8. The van der Waals surface area contributed by atoms with Crippen LogP contribution in [0.1, 0.15) is 25.5 Å². The standard InChI is InChI=1S/C22H23F9N7O5P/c1-19(2,18(39)40)37-44(41,36-15(21(26,27)28)11-3-5-12(6-4-11)43-22(29,30)31)10-42-13(20(23,24)25)7-38-9-35-14-16(32)33-8-34-17(14)38/h3-6,8-9,13,15H,7,10H2,1-2H3,(H,39,40)(H2,32,33,34)(H2,36,37,41)/t13-,15-,44-/m1/s1. The van der Waals surface area contributed by atoms with Gasteiger partial charge >= 0.3 is 24.7 Å². The van der Waals surface area contributed by atoms with Gasteiger partial charge in [-0.15, -0.1) is 13.2 Å². The molecular weight excluding hydrogens is 644 g/mol. The first-order valence-corrected chi connectivity index (χ1v) is 13.8. The highest BCUT2D eigenvalue weighted by Crippen LogP contribution is 2.47. The van der Waals surface area contributed by atoms with Crippen LogP contribution in [0.25, 0.3) is 11.2 Å². The summed E-state index contributed by atoms with van der Waals surface area (Å²) in [4.78, 5) is 22.9. The summed E-state index contributed by atoms with van der Waals surface area (Å²) < 4.78 is 145. The van der Waals surface area contributed by atoms with Gasteiger partial charge in [-0.05, 0) is 31.5 Å². The first kappa shape index (κ1) is 34.8. The van der Waals surface area contributed by atoms with Gasteiger partial charge in [0.05, 0.1) is 12.9 Å². The van der Waals surface area contributed by atoms with Gasteiger partial charge in [-0.1, -0.05) is 12.1 Å². The molecule has 0 saturated heterocycles. The van der Waals surface area contributed by atoms with Gasteiger partial charge in [-0.3, -0.25) is 9.36 Å². The number of imidazole rings is 1. The van der Waals surface area contributed by atoms with Crippen LogP contribution in [0.2, 0.25) is 0 Å². The summed E-state index contributed by atoms with van der Waals surface area (Å²) >= 11 is 0. The summed E-state index contributed by atoms with van der Waals surface area (Å²) in [6, 6.07) is -0.878. The van der Waals surface area contributed by atoms with E-state index in [1.54, 1.807) is 5.09 Å². The van der Waals surface area contributed by atoms with Crippen molar-refractivity contribution in [3.05, 3.63) is 42.5 Å². The van der Waals surface area contributed by atoms with Crippen molar-refractivity contribution in [1.82, 2.24) is 29.7 Å². The second-order valence-electron chi connectivity index (χ2n) is 9.66. The molecule has 2 aromatic heterocycles. The molecule has 5 N–H and O–H groups in total. The predicted octanol–water partition coefficient (Wildman–Crippen LogP) is 4.75. The molecule has 0 aliphatic carbocycles. The molecule has 3 atom stereocenters. The first-order valence-electron chi connectivity index (χ1n) is 11.9. The van der Waals surface area contributed by atoms with E-state index in [4.69, 9.17) is 10.5 Å². The molecule has 0 amide bonds. The second kappa shape index (κ2) is 12.4. The van der Waals surface area contributed by atoms with Crippen LogP contribution >= 0.6 is 7.44 Å². The van der Waals surface area contributed by atoms with Gasteiger partial charge in [0.25, 0.3) is 0 Å². The zero-order chi connectivity index (χ0) is 33.3. The van der Waals surface area contributed by atoms with Crippen molar-refractivity contribution in [2.45, 2.75) is 56.8 Å². The Kier molecular flexibility index (Phi) is 9.79. The molecule has 2 heterocycles. The number of carboxylic acids is 1. The highest BCUT2D eigenvalue weighted by Gasteiger charge is 2.48. The molecule has 0 radical (unpaired) electrons. The Hall–Kier alpha value is -3.68. The number of carboxylic acid groups (broad SMARTS) is 1. The lowest BCUT2D eigenvalue weighted by molar-refractivity contribution is -0.274. The van der Waals surface area contributed by atoms with Crippen LogP contribution < -0.4 is 20.6 Å². The van der Waals surface area contributed by atoms with Crippen molar-refractivity contribution in [2.75, 3.05) is 12.1 Å². The van der Waals surface area contributed by atoms with Crippen LogP contribution in [0.3, 0.4) is 0 Å². The van der Waals surface area contributed by atoms with Gasteiger partial charge in [-0.2, -0.15) is 26.3 Å². The summed E-state index contributed by atoms with van der Waals surface area (Å²) in [6.07, 6.45) is -18.4. The fourth-order valence-corrected chi connectivity index (χ4v) is 5.97. The minimum atomic E-state index is -5.35. The lowest BCUT2D eigenvalue weighted by Gasteiger charge is -2.34. The normalized spacial score (nSPS) is 16.0. The number of aromatic nitrogens is 4. The number of ether oxygens (including phenoxy) is 2. The van der Waals surface area contributed by atoms with Crippen LogP contribution in [0, 0.1) is 0 Å². The summed E-state index contributed by atoms with van der Waals surface area (Å²) in [5, 5.41) is 13.0. The van der Waals surface area contributed by atoms with E-state index in [1.165, 1.54) is 0 Å². The average Bonchev–Trinajstić information content (AvgIpc) is 3.27. The third-order valence-electron chi connectivity index (χ3n) is 5.72. The molecule has 3 aromatic rings. The van der Waals surface area contributed by atoms with Crippen molar-refractivity contribution in [3.8, 4) is 5.75 Å². The highest BCUT2D eigenvalue weighted by atomic mass is 31.2. The molecule has 0 bridgehead atoms. The van der Waals surface area contributed by atoms with Crippen LogP contribution in [-0.2, 0) is 20.6 Å². The lowest BCUT2D eigenvalue weighted by atomic mass is 10.1. The zero-order valence-corrected chi connectivity index (χ0v) is 23.2. The third kappa shape index (κ3) is 8.93. The maximum Gasteiger partial charge on any atom is 0.573 e. The number of alkyl halides is 9. The topological polar surface area (TPSA) is 167 Å². The van der Waals surface area contributed by atoms with Gasteiger partial charge in [0.1, 0.15) is 35.5 Å². The van der Waals surface area contributed by atoms with E-state index >= 15 is 0 Å². The van der Waals surface area contributed by atoms with Crippen molar-refractivity contribution >= 4 is 30.4 Å². The smallest absolute Gasteiger partial charge is 0.480 e. The minimum Gasteiger partial charge on any atom is -0.480 e. The molecule has 0 unspecified atom stereocenters. The molecule has 0 fully saturated rings. The SMILES string of the molecule is CC(C)(N[P@@](=O)(CO[C@H](Cn1cnc2c(N)ncnc21)C(F)(F)F)N[C@H](c1ccc(OC(F)(F)F)cc1)C(F)(F)F)C(=O)O. The van der Waals surface area contributed by atoms with Crippen molar-refractivity contribution < 1.29 is 63.5 Å². The molecular formula is C22H23F9N7O5P. The number of benzene rings is 1. The number of rotatable bonds is 12. The molecule has 12 nitrogen and oxygen atoms in total. The number of nitrogens with two attached hydrogens (primary N) is 1. The maximum atomic E-state index is 14.1. The van der Waals surface area contributed by atoms with Crippen molar-refractivity contribution in [1.29, 1.82) is 0 Å². The molecule has 22 heteroatoms. The minimum absolute atomic E-state index is 0.0645. The predicted molar refractivity (Wildman–Crippen MR) is 133 cm³/mol. The van der Waals surface area contributed by atoms with Crippen LogP contribution in [0.4, 0.5) is 45.3 Å². The van der Waals surface area contributed by atoms with E-state index in [9.17, 15) is 54.0 Å². The van der Waals surface area contributed by atoms with E-state index in [-0.39, 0.29) is 17.0 Å². The van der Waals surface area contributed by atoms with Crippen molar-refractivity contribution in [2.24, 2.45) is 0 Å². The fraction of sp³-hybridized carbons (Fsp3) is 0.455. The van der Waals surface area contributed by atoms with Gasteiger partial charge in [-0.25, -0.2) is 25.1 Å². The molecule has 44 heavy (non-hydrogen) atoms. The molecule has 0 aliphatic rings. The molecule has 0 saturated carbocycles. The number of hydrogen-bond donors (Lipinski definition) is 4. The van der Waals surface area contributed by atoms with E-state index in [0.29, 0.717) is 24.3 Å². The van der Waals surface area contributed by atoms with Gasteiger partial charge in [0, 0.05) is 0 Å². The largest absolute Gasteiger partial charge is 0.573 e. The lowest BCUT2D eigenvalue weighted by Crippen LogP contribution is -2.49. The van der Waals surface area contributed by atoms with Crippen LogP contribution in [0.5, 0.6) is 5.75 Å². The number of carbonyl (C=O) groups is 1. The number of nitrogen functional groups attached to an aromatic ring is 1. The Labute approximate surface area is 241 Å². The maximum absolute atomic E-state index is 14.1. The fourth-order valence-electron chi connectivity index (χ4n) is 3.67. The summed E-state index contributed by atoms with van der Waals surface area (Å²) in [5.41, 5.74) is 2.28. The number of nitrogens with zero attached hydrogens (tertiary/aromatic N) is 4. The monoisotopic (exact) mass is 667 g/mol. The van der Waals surface area contributed by atoms with E-state index in [0.717, 1.165) is 31.1 Å². The summed E-state index contributed by atoms with van der Waals surface area (Å²) in [5.74, 6) is -2.81. The van der Waals surface area contributed by atoms with E-state index in [2.05, 4.69) is 19.7 Å². The van der Waals surface area contributed by atoms with E-state index in [1.807, 2.05) is 5.09 Å².